The summed E-state index contributed by atoms with van der Waals surface area (Å²) < 4.78 is 0. The average molecular weight is 367 g/mol. The van der Waals surface area contributed by atoms with Crippen LogP contribution in [0, 0.1) is 0 Å². The molecule has 28 heavy (non-hydrogen) atoms. The van der Waals surface area contributed by atoms with E-state index in [1.807, 2.05) is 54.5 Å². The third-order valence-electron chi connectivity index (χ3n) is 4.69. The summed E-state index contributed by atoms with van der Waals surface area (Å²) in [5.41, 5.74) is 4.66. The van der Waals surface area contributed by atoms with Crippen molar-refractivity contribution in [1.29, 1.82) is 0 Å². The lowest BCUT2D eigenvalue weighted by molar-refractivity contribution is 0.873. The van der Waals surface area contributed by atoms with Gasteiger partial charge in [0.25, 0.3) is 0 Å². The third kappa shape index (κ3) is 2.92. The van der Waals surface area contributed by atoms with Gasteiger partial charge >= 0.3 is 0 Å². The Hall–Kier alpha value is -3.87. The molecule has 0 aliphatic rings. The standard InChI is InChI=1S/C21H17N7/c1-28(12-14-5-3-2-4-6-14)21-22-10-16-9-15(7-8-18(16)26-21)19-17-11-25-27-20(17)24-13-23-19/h2-11,13H,12H2,1H3,(H,23,24,25,27). The van der Waals surface area contributed by atoms with Gasteiger partial charge in [0, 0.05) is 30.7 Å². The van der Waals surface area contributed by atoms with Crippen molar-refractivity contribution in [1.82, 2.24) is 30.1 Å². The second-order valence-electron chi connectivity index (χ2n) is 6.64. The smallest absolute Gasteiger partial charge is 0.225 e. The zero-order valence-electron chi connectivity index (χ0n) is 15.2. The topological polar surface area (TPSA) is 83.5 Å². The predicted octanol–water partition coefficient (Wildman–Crippen LogP) is 3.60. The molecule has 1 N–H and O–H groups in total. The van der Waals surface area contributed by atoms with E-state index >= 15 is 0 Å². The molecule has 0 atom stereocenters. The van der Waals surface area contributed by atoms with Crippen LogP contribution in [0.3, 0.4) is 0 Å². The minimum Gasteiger partial charge on any atom is -0.340 e. The van der Waals surface area contributed by atoms with Gasteiger partial charge in [0.05, 0.1) is 22.8 Å². The normalized spacial score (nSPS) is 11.2. The molecule has 7 heteroatoms. The summed E-state index contributed by atoms with van der Waals surface area (Å²) in [5.74, 6) is 0.698. The van der Waals surface area contributed by atoms with Gasteiger partial charge in [-0.25, -0.2) is 19.9 Å². The fraction of sp³-hybridized carbons (Fsp3) is 0.0952. The van der Waals surface area contributed by atoms with Crippen molar-refractivity contribution < 1.29 is 0 Å². The zero-order valence-corrected chi connectivity index (χ0v) is 15.2. The molecule has 136 valence electrons. The summed E-state index contributed by atoms with van der Waals surface area (Å²) >= 11 is 0. The molecule has 0 unspecified atom stereocenters. The molecule has 0 radical (unpaired) electrons. The largest absolute Gasteiger partial charge is 0.340 e. The van der Waals surface area contributed by atoms with Crippen molar-refractivity contribution in [3.63, 3.8) is 0 Å². The molecule has 0 aliphatic heterocycles. The molecule has 2 aromatic carbocycles. The molecule has 0 bridgehead atoms. The van der Waals surface area contributed by atoms with Crippen LogP contribution in [0.2, 0.25) is 0 Å². The van der Waals surface area contributed by atoms with Gasteiger partial charge in [0.15, 0.2) is 5.65 Å². The fourth-order valence-corrected chi connectivity index (χ4v) is 3.28. The highest BCUT2D eigenvalue weighted by Gasteiger charge is 2.11. The molecule has 3 aromatic heterocycles. The third-order valence-corrected chi connectivity index (χ3v) is 4.69. The van der Waals surface area contributed by atoms with E-state index in [0.717, 1.165) is 39.7 Å². The number of nitrogens with zero attached hydrogens (tertiary/aromatic N) is 6. The summed E-state index contributed by atoms with van der Waals surface area (Å²) in [6, 6.07) is 16.4. The van der Waals surface area contributed by atoms with E-state index in [0.29, 0.717) is 5.95 Å². The summed E-state index contributed by atoms with van der Waals surface area (Å²) in [6.45, 7) is 0.754. The number of benzene rings is 2. The first kappa shape index (κ1) is 16.3. The number of aromatic amines is 1. The first-order chi connectivity index (χ1) is 13.8. The van der Waals surface area contributed by atoms with Crippen molar-refractivity contribution in [2.24, 2.45) is 0 Å². The number of hydrogen-bond donors (Lipinski definition) is 1. The van der Waals surface area contributed by atoms with Gasteiger partial charge in [0.2, 0.25) is 5.95 Å². The molecule has 0 amide bonds. The highest BCUT2D eigenvalue weighted by Crippen LogP contribution is 2.27. The van der Waals surface area contributed by atoms with Gasteiger partial charge in [-0.2, -0.15) is 5.10 Å². The Morgan fingerprint density at radius 3 is 2.75 bits per heavy atom. The van der Waals surface area contributed by atoms with Crippen molar-refractivity contribution in [3.8, 4) is 11.3 Å². The molecule has 0 saturated heterocycles. The second-order valence-corrected chi connectivity index (χ2v) is 6.64. The predicted molar refractivity (Wildman–Crippen MR) is 109 cm³/mol. The van der Waals surface area contributed by atoms with Crippen molar-refractivity contribution >= 4 is 27.9 Å². The van der Waals surface area contributed by atoms with Crippen LogP contribution in [0.5, 0.6) is 0 Å². The molecule has 0 saturated carbocycles. The fourth-order valence-electron chi connectivity index (χ4n) is 3.28. The van der Waals surface area contributed by atoms with Crippen molar-refractivity contribution in [3.05, 3.63) is 72.8 Å². The number of anilines is 1. The molecule has 5 rings (SSSR count). The lowest BCUT2D eigenvalue weighted by Crippen LogP contribution is -2.18. The SMILES string of the molecule is CN(Cc1ccccc1)c1ncc2cc(-c3ncnc4[nH]ncc34)ccc2n1. The molecule has 0 fully saturated rings. The number of fused-ring (bicyclic) bond motifs is 2. The maximum absolute atomic E-state index is 4.72. The van der Waals surface area contributed by atoms with Gasteiger partial charge in [-0.1, -0.05) is 36.4 Å². The van der Waals surface area contributed by atoms with E-state index in [9.17, 15) is 0 Å². The first-order valence-electron chi connectivity index (χ1n) is 8.94. The number of rotatable bonds is 4. The Bertz CT molecular complexity index is 1260. The van der Waals surface area contributed by atoms with Crippen molar-refractivity contribution in [2.45, 2.75) is 6.54 Å². The van der Waals surface area contributed by atoms with Gasteiger partial charge in [-0.05, 0) is 17.7 Å². The zero-order chi connectivity index (χ0) is 18.9. The lowest BCUT2D eigenvalue weighted by atomic mass is 10.1. The van der Waals surface area contributed by atoms with Gasteiger partial charge in [-0.3, -0.25) is 5.10 Å². The summed E-state index contributed by atoms with van der Waals surface area (Å²) in [5, 5.41) is 8.79. The van der Waals surface area contributed by atoms with Crippen LogP contribution in [-0.4, -0.2) is 37.2 Å². The lowest BCUT2D eigenvalue weighted by Gasteiger charge is -2.17. The number of H-pyrrole nitrogens is 1. The first-order valence-corrected chi connectivity index (χ1v) is 8.94. The van der Waals surface area contributed by atoms with E-state index in [1.54, 1.807) is 6.20 Å². The van der Waals surface area contributed by atoms with Crippen LogP contribution >= 0.6 is 0 Å². The second kappa shape index (κ2) is 6.70. The molecule has 5 aromatic rings. The minimum atomic E-state index is 0.698. The van der Waals surface area contributed by atoms with E-state index in [4.69, 9.17) is 4.98 Å². The van der Waals surface area contributed by atoms with Crippen LogP contribution in [0.25, 0.3) is 33.2 Å². The van der Waals surface area contributed by atoms with Crippen LogP contribution in [0.1, 0.15) is 5.56 Å². The Balaban J connectivity index is 1.49. The molecule has 0 spiro atoms. The van der Waals surface area contributed by atoms with Gasteiger partial charge < -0.3 is 4.90 Å². The highest BCUT2D eigenvalue weighted by atomic mass is 15.2. The molecule has 7 nitrogen and oxygen atoms in total. The van der Waals surface area contributed by atoms with Gasteiger partial charge in [0.1, 0.15) is 6.33 Å². The highest BCUT2D eigenvalue weighted by molar-refractivity contribution is 5.93. The summed E-state index contributed by atoms with van der Waals surface area (Å²) in [4.78, 5) is 19.9. The van der Waals surface area contributed by atoms with Crippen LogP contribution in [0.4, 0.5) is 5.95 Å². The monoisotopic (exact) mass is 367 g/mol. The molecule has 3 heterocycles. The molecular formula is C21H17N7. The Morgan fingerprint density at radius 1 is 0.964 bits per heavy atom. The Morgan fingerprint density at radius 2 is 1.86 bits per heavy atom. The van der Waals surface area contributed by atoms with E-state index in [2.05, 4.69) is 37.3 Å². The van der Waals surface area contributed by atoms with Crippen LogP contribution < -0.4 is 4.90 Å². The number of aromatic nitrogens is 6. The molecule has 0 aliphatic carbocycles. The van der Waals surface area contributed by atoms with E-state index in [1.165, 1.54) is 11.9 Å². The van der Waals surface area contributed by atoms with Crippen LogP contribution in [-0.2, 0) is 6.54 Å². The number of nitrogens with one attached hydrogen (secondary N) is 1. The minimum absolute atomic E-state index is 0.698. The Kier molecular flexibility index (Phi) is 3.90. The maximum Gasteiger partial charge on any atom is 0.225 e. The Labute approximate surface area is 161 Å². The average Bonchev–Trinajstić information content (AvgIpc) is 3.22. The van der Waals surface area contributed by atoms with Crippen LogP contribution in [0.15, 0.2) is 67.3 Å². The van der Waals surface area contributed by atoms with E-state index < -0.39 is 0 Å². The quantitative estimate of drug-likeness (QED) is 0.522. The van der Waals surface area contributed by atoms with Gasteiger partial charge in [-0.15, -0.1) is 0 Å². The summed E-state index contributed by atoms with van der Waals surface area (Å²) in [6.07, 6.45) is 5.14. The van der Waals surface area contributed by atoms with Crippen molar-refractivity contribution in [2.75, 3.05) is 11.9 Å². The number of hydrogen-bond acceptors (Lipinski definition) is 6. The maximum atomic E-state index is 4.72. The van der Waals surface area contributed by atoms with E-state index in [-0.39, 0.29) is 0 Å². The summed E-state index contributed by atoms with van der Waals surface area (Å²) in [7, 11) is 2.00. The molecular weight excluding hydrogens is 350 g/mol.